The van der Waals surface area contributed by atoms with Crippen LogP contribution >= 0.6 is 0 Å². The second-order valence-corrected chi connectivity index (χ2v) is 5.78. The summed E-state index contributed by atoms with van der Waals surface area (Å²) < 4.78 is 10.4. The number of rotatable bonds is 7. The molecule has 0 bridgehead atoms. The van der Waals surface area contributed by atoms with Crippen LogP contribution in [0.15, 0.2) is 28.9 Å². The summed E-state index contributed by atoms with van der Waals surface area (Å²) in [5.41, 5.74) is 2.47. The highest BCUT2D eigenvalue weighted by molar-refractivity contribution is 5.89. The number of nitrogens with one attached hydrogen (secondary N) is 2. The molecule has 7 nitrogen and oxygen atoms in total. The van der Waals surface area contributed by atoms with Crippen LogP contribution in [0, 0.1) is 6.92 Å². The maximum atomic E-state index is 11.9. The summed E-state index contributed by atoms with van der Waals surface area (Å²) in [7, 11) is 0. The zero-order valence-corrected chi connectivity index (χ0v) is 14.5. The first-order chi connectivity index (χ1) is 11.9. The molecule has 1 aromatic carbocycles. The summed E-state index contributed by atoms with van der Waals surface area (Å²) in [6, 6.07) is 5.02. The van der Waals surface area contributed by atoms with Crippen LogP contribution in [0.4, 0.5) is 0 Å². The van der Waals surface area contributed by atoms with E-state index in [2.05, 4.69) is 10.6 Å². The van der Waals surface area contributed by atoms with Crippen molar-refractivity contribution in [2.75, 3.05) is 13.2 Å². The van der Waals surface area contributed by atoms with Crippen molar-refractivity contribution in [3.05, 3.63) is 35.6 Å². The molecule has 7 heteroatoms. The topological polar surface area (TPSA) is 97.6 Å². The Morgan fingerprint density at radius 1 is 1.28 bits per heavy atom. The standard InChI is InChI=1S/C18H22N2O5/c1-4-19-18(23)12(3)20-16(21)10-25-17(22)8-13-9-24-15-7-11(2)5-6-14(13)15/h5-7,9,12H,4,8,10H2,1-3H3,(H,19,23)(H,20,21)/t12-/m0/s1. The average Bonchev–Trinajstić information content (AvgIpc) is 2.95. The summed E-state index contributed by atoms with van der Waals surface area (Å²) in [5, 5.41) is 5.91. The second-order valence-electron chi connectivity index (χ2n) is 5.78. The summed E-state index contributed by atoms with van der Waals surface area (Å²) in [6.07, 6.45) is 1.53. The first-order valence-electron chi connectivity index (χ1n) is 8.10. The number of hydrogen-bond acceptors (Lipinski definition) is 5. The molecular formula is C18H22N2O5. The Kier molecular flexibility index (Phi) is 6.16. The molecule has 0 saturated carbocycles. The van der Waals surface area contributed by atoms with E-state index >= 15 is 0 Å². The van der Waals surface area contributed by atoms with E-state index in [1.807, 2.05) is 25.1 Å². The quantitative estimate of drug-likeness (QED) is 0.740. The molecule has 0 aliphatic heterocycles. The van der Waals surface area contributed by atoms with Gasteiger partial charge in [-0.05, 0) is 32.4 Å². The molecule has 2 amide bonds. The van der Waals surface area contributed by atoms with Gasteiger partial charge in [0.2, 0.25) is 5.91 Å². The number of ether oxygens (including phenoxy) is 1. The lowest BCUT2D eigenvalue weighted by atomic mass is 10.1. The molecule has 2 rings (SSSR count). The van der Waals surface area contributed by atoms with E-state index in [-0.39, 0.29) is 12.3 Å². The highest BCUT2D eigenvalue weighted by Crippen LogP contribution is 2.22. The van der Waals surface area contributed by atoms with E-state index in [0.717, 1.165) is 10.9 Å². The molecule has 0 aliphatic rings. The number of carbonyl (C=O) groups is 3. The minimum atomic E-state index is -0.688. The maximum absolute atomic E-state index is 11.9. The van der Waals surface area contributed by atoms with E-state index in [9.17, 15) is 14.4 Å². The van der Waals surface area contributed by atoms with Crippen molar-refractivity contribution in [2.45, 2.75) is 33.2 Å². The number of benzene rings is 1. The van der Waals surface area contributed by atoms with Crippen molar-refractivity contribution in [2.24, 2.45) is 0 Å². The van der Waals surface area contributed by atoms with Gasteiger partial charge in [0.1, 0.15) is 11.6 Å². The van der Waals surface area contributed by atoms with E-state index in [0.29, 0.717) is 17.7 Å². The van der Waals surface area contributed by atoms with Gasteiger partial charge in [0.05, 0.1) is 12.7 Å². The van der Waals surface area contributed by atoms with Crippen molar-refractivity contribution in [3.8, 4) is 0 Å². The largest absolute Gasteiger partial charge is 0.464 e. The minimum Gasteiger partial charge on any atom is -0.464 e. The van der Waals surface area contributed by atoms with Gasteiger partial charge in [-0.2, -0.15) is 0 Å². The van der Waals surface area contributed by atoms with Gasteiger partial charge in [-0.1, -0.05) is 12.1 Å². The molecule has 134 valence electrons. The fourth-order valence-electron chi connectivity index (χ4n) is 2.36. The Balaban J connectivity index is 1.83. The number of likely N-dealkylation sites (N-methyl/N-ethyl adjacent to an activating group) is 1. The smallest absolute Gasteiger partial charge is 0.310 e. The van der Waals surface area contributed by atoms with Gasteiger partial charge in [0.25, 0.3) is 5.91 Å². The Hall–Kier alpha value is -2.83. The normalized spacial score (nSPS) is 11.8. The molecule has 1 aromatic heterocycles. The summed E-state index contributed by atoms with van der Waals surface area (Å²) in [6.45, 7) is 5.35. The first-order valence-corrected chi connectivity index (χ1v) is 8.10. The molecule has 0 unspecified atom stereocenters. The molecule has 0 aliphatic carbocycles. The molecule has 0 spiro atoms. The zero-order chi connectivity index (χ0) is 18.4. The third-order valence-corrected chi connectivity index (χ3v) is 3.63. The minimum absolute atomic E-state index is 0.00914. The van der Waals surface area contributed by atoms with Gasteiger partial charge in [-0.3, -0.25) is 14.4 Å². The molecule has 1 heterocycles. The lowest BCUT2D eigenvalue weighted by Crippen LogP contribution is -2.46. The summed E-state index contributed by atoms with van der Waals surface area (Å²) in [4.78, 5) is 35.2. The van der Waals surface area contributed by atoms with Crippen LogP contribution in [0.2, 0.25) is 0 Å². The molecule has 0 radical (unpaired) electrons. The maximum Gasteiger partial charge on any atom is 0.310 e. The molecule has 1 atom stereocenters. The lowest BCUT2D eigenvalue weighted by molar-refractivity contribution is -0.148. The Bertz CT molecular complexity index is 781. The number of furan rings is 1. The first kappa shape index (κ1) is 18.5. The van der Waals surface area contributed by atoms with Crippen LogP contribution < -0.4 is 10.6 Å². The van der Waals surface area contributed by atoms with Crippen LogP contribution in [0.5, 0.6) is 0 Å². The predicted molar refractivity (Wildman–Crippen MR) is 91.9 cm³/mol. The van der Waals surface area contributed by atoms with Crippen molar-refractivity contribution in [1.29, 1.82) is 0 Å². The SMILES string of the molecule is CCNC(=O)[C@H](C)NC(=O)COC(=O)Cc1coc2cc(C)ccc12. The fourth-order valence-corrected chi connectivity index (χ4v) is 2.36. The van der Waals surface area contributed by atoms with Gasteiger partial charge in [-0.25, -0.2) is 0 Å². The van der Waals surface area contributed by atoms with Crippen LogP contribution in [0.25, 0.3) is 11.0 Å². The third-order valence-electron chi connectivity index (χ3n) is 3.63. The number of fused-ring (bicyclic) bond motifs is 1. The van der Waals surface area contributed by atoms with Crippen molar-refractivity contribution >= 4 is 28.8 Å². The van der Waals surface area contributed by atoms with E-state index in [1.54, 1.807) is 13.8 Å². The highest BCUT2D eigenvalue weighted by Gasteiger charge is 2.17. The van der Waals surface area contributed by atoms with Crippen LogP contribution in [-0.4, -0.2) is 37.0 Å². The number of carbonyl (C=O) groups excluding carboxylic acids is 3. The van der Waals surface area contributed by atoms with E-state index in [4.69, 9.17) is 9.15 Å². The van der Waals surface area contributed by atoms with Gasteiger partial charge in [-0.15, -0.1) is 0 Å². The van der Waals surface area contributed by atoms with Crippen molar-refractivity contribution in [1.82, 2.24) is 10.6 Å². The highest BCUT2D eigenvalue weighted by atomic mass is 16.5. The van der Waals surface area contributed by atoms with Gasteiger partial charge < -0.3 is 19.8 Å². The Morgan fingerprint density at radius 3 is 2.76 bits per heavy atom. The number of aryl methyl sites for hydroxylation is 1. The zero-order valence-electron chi connectivity index (χ0n) is 14.5. The molecular weight excluding hydrogens is 324 g/mol. The van der Waals surface area contributed by atoms with Crippen molar-refractivity contribution in [3.63, 3.8) is 0 Å². The molecule has 2 aromatic rings. The number of hydrogen-bond donors (Lipinski definition) is 2. The van der Waals surface area contributed by atoms with E-state index < -0.39 is 24.5 Å². The Morgan fingerprint density at radius 2 is 2.04 bits per heavy atom. The molecule has 0 saturated heterocycles. The summed E-state index contributed by atoms with van der Waals surface area (Å²) >= 11 is 0. The van der Waals surface area contributed by atoms with Gasteiger partial charge in [0.15, 0.2) is 6.61 Å². The van der Waals surface area contributed by atoms with Crippen LogP contribution in [0.3, 0.4) is 0 Å². The molecule has 0 fully saturated rings. The Labute approximate surface area is 145 Å². The van der Waals surface area contributed by atoms with Gasteiger partial charge >= 0.3 is 5.97 Å². The number of esters is 1. The van der Waals surface area contributed by atoms with Crippen molar-refractivity contribution < 1.29 is 23.5 Å². The average molecular weight is 346 g/mol. The monoisotopic (exact) mass is 346 g/mol. The van der Waals surface area contributed by atoms with Gasteiger partial charge in [0, 0.05) is 17.5 Å². The van der Waals surface area contributed by atoms with Crippen LogP contribution in [-0.2, 0) is 25.5 Å². The lowest BCUT2D eigenvalue weighted by Gasteiger charge is -2.13. The van der Waals surface area contributed by atoms with Crippen LogP contribution in [0.1, 0.15) is 25.0 Å². The summed E-state index contributed by atoms with van der Waals surface area (Å²) in [5.74, 6) is -1.36. The molecule has 2 N–H and O–H groups in total. The predicted octanol–water partition coefficient (Wildman–Crippen LogP) is 1.47. The molecule has 25 heavy (non-hydrogen) atoms. The van der Waals surface area contributed by atoms with E-state index in [1.165, 1.54) is 6.26 Å². The third kappa shape index (κ3) is 5.07. The second kappa shape index (κ2) is 8.32. The number of amides is 2. The fraction of sp³-hybridized carbons (Fsp3) is 0.389.